The molecule has 0 radical (unpaired) electrons. The highest BCUT2D eigenvalue weighted by Gasteiger charge is 2.30. The quantitative estimate of drug-likeness (QED) is 0.338. The van der Waals surface area contributed by atoms with Gasteiger partial charge in [0.05, 0.1) is 21.9 Å². The van der Waals surface area contributed by atoms with E-state index in [1.807, 2.05) is 32.0 Å². The molecule has 0 amide bonds. The van der Waals surface area contributed by atoms with Gasteiger partial charge in [-0.25, -0.2) is 22.8 Å². The van der Waals surface area contributed by atoms with Crippen LogP contribution in [0.1, 0.15) is 73.0 Å². The van der Waals surface area contributed by atoms with E-state index in [9.17, 15) is 8.42 Å². The summed E-state index contributed by atoms with van der Waals surface area (Å²) in [6, 6.07) is 8.92. The predicted molar refractivity (Wildman–Crippen MR) is 157 cm³/mol. The zero-order chi connectivity index (χ0) is 28.5. The summed E-state index contributed by atoms with van der Waals surface area (Å²) in [5.74, 6) is 0.230. The number of benzene rings is 2. The van der Waals surface area contributed by atoms with Gasteiger partial charge >= 0.3 is 0 Å². The third-order valence-electron chi connectivity index (χ3n) is 7.60. The Hall–Kier alpha value is -2.55. The standard InChI is InChI=1S/C30H38ClFN4O2S/c1-19-13-28(26(32)16-24(19)22-9-11-36(6)12-10-22)35-29-33-17-20(2)27(34-29)15-21-7-8-25(31)23(14-21)18-39(37,38)30(3,4)5/h7-8,13-14,16-17,22H,9-12,15,18H2,1-6H3,(H,33,34,35). The molecule has 3 aromatic rings. The van der Waals surface area contributed by atoms with Crippen molar-refractivity contribution >= 4 is 33.1 Å². The minimum Gasteiger partial charge on any atom is -0.322 e. The summed E-state index contributed by atoms with van der Waals surface area (Å²) < 4.78 is 39.8. The fraction of sp³-hybridized carbons (Fsp3) is 0.467. The van der Waals surface area contributed by atoms with Crippen LogP contribution in [0.4, 0.5) is 16.0 Å². The normalized spacial score (nSPS) is 15.5. The van der Waals surface area contributed by atoms with Gasteiger partial charge in [0.15, 0.2) is 9.84 Å². The number of rotatable bonds is 7. The van der Waals surface area contributed by atoms with E-state index >= 15 is 4.39 Å². The van der Waals surface area contributed by atoms with Crippen molar-refractivity contribution < 1.29 is 12.8 Å². The molecule has 0 atom stereocenters. The van der Waals surface area contributed by atoms with Crippen LogP contribution in [0.15, 0.2) is 36.5 Å². The lowest BCUT2D eigenvalue weighted by Crippen LogP contribution is -2.29. The first-order valence-electron chi connectivity index (χ1n) is 13.3. The second-order valence-electron chi connectivity index (χ2n) is 11.7. The zero-order valence-corrected chi connectivity index (χ0v) is 25.2. The SMILES string of the molecule is Cc1cc(Nc2ncc(C)c(Cc3ccc(Cl)c(CS(=O)(=O)C(C)(C)C)c3)n2)c(F)cc1C1CCN(C)CC1. The molecule has 2 heterocycles. The van der Waals surface area contributed by atoms with Gasteiger partial charge in [-0.2, -0.15) is 0 Å². The van der Waals surface area contributed by atoms with Crippen molar-refractivity contribution in [3.8, 4) is 0 Å². The first-order chi connectivity index (χ1) is 18.2. The number of likely N-dealkylation sites (tertiary alicyclic amines) is 1. The largest absolute Gasteiger partial charge is 0.322 e. The van der Waals surface area contributed by atoms with Crippen molar-refractivity contribution in [1.82, 2.24) is 14.9 Å². The summed E-state index contributed by atoms with van der Waals surface area (Å²) in [7, 11) is -1.27. The number of anilines is 2. The van der Waals surface area contributed by atoms with Crippen molar-refractivity contribution in [2.24, 2.45) is 0 Å². The molecule has 1 aromatic heterocycles. The highest BCUT2D eigenvalue weighted by Crippen LogP contribution is 2.33. The maximum Gasteiger partial charge on any atom is 0.227 e. The lowest BCUT2D eigenvalue weighted by Gasteiger charge is -2.30. The number of halogens is 2. The Morgan fingerprint density at radius 2 is 1.79 bits per heavy atom. The molecular formula is C30H38ClFN4O2S. The summed E-state index contributed by atoms with van der Waals surface area (Å²) in [4.78, 5) is 11.4. The van der Waals surface area contributed by atoms with Gasteiger partial charge < -0.3 is 10.2 Å². The van der Waals surface area contributed by atoms with Gasteiger partial charge in [-0.3, -0.25) is 0 Å². The molecule has 9 heteroatoms. The average Bonchev–Trinajstić information content (AvgIpc) is 2.85. The molecule has 0 saturated carbocycles. The smallest absolute Gasteiger partial charge is 0.227 e. The molecule has 0 unspecified atom stereocenters. The Labute approximate surface area is 236 Å². The van der Waals surface area contributed by atoms with Crippen LogP contribution in [0.25, 0.3) is 0 Å². The fourth-order valence-corrected chi connectivity index (χ4v) is 6.20. The van der Waals surface area contributed by atoms with E-state index in [2.05, 4.69) is 27.2 Å². The Morgan fingerprint density at radius 1 is 1.10 bits per heavy atom. The van der Waals surface area contributed by atoms with Gasteiger partial charge in [-0.15, -0.1) is 0 Å². The van der Waals surface area contributed by atoms with E-state index in [1.54, 1.807) is 39.1 Å². The molecule has 210 valence electrons. The summed E-state index contributed by atoms with van der Waals surface area (Å²) in [6.07, 6.45) is 4.23. The van der Waals surface area contributed by atoms with Gasteiger partial charge in [0, 0.05) is 17.6 Å². The molecule has 0 aliphatic carbocycles. The van der Waals surface area contributed by atoms with Crippen LogP contribution < -0.4 is 5.32 Å². The van der Waals surface area contributed by atoms with Crippen LogP contribution in [0.2, 0.25) is 5.02 Å². The highest BCUT2D eigenvalue weighted by molar-refractivity contribution is 7.91. The number of hydrogen-bond acceptors (Lipinski definition) is 6. The maximum atomic E-state index is 15.2. The number of sulfone groups is 1. The molecule has 6 nitrogen and oxygen atoms in total. The lowest BCUT2D eigenvalue weighted by atomic mass is 9.86. The lowest BCUT2D eigenvalue weighted by molar-refractivity contribution is 0.255. The van der Waals surface area contributed by atoms with E-state index in [0.29, 0.717) is 34.6 Å². The van der Waals surface area contributed by atoms with Crippen LogP contribution in [0.5, 0.6) is 0 Å². The van der Waals surface area contributed by atoms with E-state index in [0.717, 1.165) is 53.9 Å². The van der Waals surface area contributed by atoms with Crippen LogP contribution in [0, 0.1) is 19.7 Å². The number of nitrogens with zero attached hydrogens (tertiary/aromatic N) is 3. The molecule has 1 aliphatic heterocycles. The summed E-state index contributed by atoms with van der Waals surface area (Å²) in [5.41, 5.74) is 5.57. The molecular weight excluding hydrogens is 535 g/mol. The van der Waals surface area contributed by atoms with Crippen LogP contribution in [-0.2, 0) is 22.0 Å². The molecule has 39 heavy (non-hydrogen) atoms. The Bertz CT molecular complexity index is 1460. The second kappa shape index (κ2) is 11.5. The predicted octanol–water partition coefficient (Wildman–Crippen LogP) is 6.74. The fourth-order valence-electron chi connectivity index (χ4n) is 4.85. The molecule has 0 spiro atoms. The van der Waals surface area contributed by atoms with E-state index < -0.39 is 14.6 Å². The van der Waals surface area contributed by atoms with Crippen molar-refractivity contribution in [2.75, 3.05) is 25.5 Å². The minimum absolute atomic E-state index is 0.134. The molecule has 1 fully saturated rings. The van der Waals surface area contributed by atoms with Crippen molar-refractivity contribution in [1.29, 1.82) is 0 Å². The van der Waals surface area contributed by atoms with Gasteiger partial charge in [0.2, 0.25) is 5.95 Å². The van der Waals surface area contributed by atoms with Gasteiger partial charge in [0.25, 0.3) is 0 Å². The minimum atomic E-state index is -3.39. The number of nitrogens with one attached hydrogen (secondary N) is 1. The second-order valence-corrected chi connectivity index (χ2v) is 14.8. The first-order valence-corrected chi connectivity index (χ1v) is 15.3. The number of hydrogen-bond donors (Lipinski definition) is 1. The highest BCUT2D eigenvalue weighted by atomic mass is 35.5. The topological polar surface area (TPSA) is 75.2 Å². The first kappa shape index (κ1) is 29.4. The van der Waals surface area contributed by atoms with Crippen molar-refractivity contribution in [2.45, 2.75) is 70.3 Å². The Kier molecular flexibility index (Phi) is 8.69. The number of aryl methyl sites for hydroxylation is 2. The summed E-state index contributed by atoms with van der Waals surface area (Å²) in [6.45, 7) is 11.0. The average molecular weight is 573 g/mol. The molecule has 0 bridgehead atoms. The number of aromatic nitrogens is 2. The van der Waals surface area contributed by atoms with Gasteiger partial charge in [-0.1, -0.05) is 23.7 Å². The van der Waals surface area contributed by atoms with E-state index in [1.165, 1.54) is 0 Å². The van der Waals surface area contributed by atoms with E-state index in [4.69, 9.17) is 11.6 Å². The third kappa shape index (κ3) is 6.97. The Morgan fingerprint density at radius 3 is 2.46 bits per heavy atom. The Balaban J connectivity index is 1.54. The van der Waals surface area contributed by atoms with Gasteiger partial charge in [0.1, 0.15) is 5.82 Å². The molecule has 1 saturated heterocycles. The molecule has 1 N–H and O–H groups in total. The van der Waals surface area contributed by atoms with Crippen LogP contribution in [-0.4, -0.2) is 48.2 Å². The van der Waals surface area contributed by atoms with Crippen molar-refractivity contribution in [3.05, 3.63) is 80.9 Å². The van der Waals surface area contributed by atoms with Gasteiger partial charge in [-0.05, 0) is 120 Å². The molecule has 2 aromatic carbocycles. The maximum absolute atomic E-state index is 15.2. The van der Waals surface area contributed by atoms with Crippen molar-refractivity contribution in [3.63, 3.8) is 0 Å². The summed E-state index contributed by atoms with van der Waals surface area (Å²) in [5, 5.41) is 3.49. The third-order valence-corrected chi connectivity index (χ3v) is 10.5. The van der Waals surface area contributed by atoms with Crippen LogP contribution >= 0.6 is 11.6 Å². The van der Waals surface area contributed by atoms with Crippen LogP contribution in [0.3, 0.4) is 0 Å². The number of piperidine rings is 1. The molecule has 1 aliphatic rings. The molecule has 4 rings (SSSR count). The summed E-state index contributed by atoms with van der Waals surface area (Å²) >= 11 is 6.36. The zero-order valence-electron chi connectivity index (χ0n) is 23.6. The monoisotopic (exact) mass is 572 g/mol. The van der Waals surface area contributed by atoms with E-state index in [-0.39, 0.29) is 11.6 Å².